The molecule has 1 amide bonds. The van der Waals surface area contributed by atoms with Crippen LogP contribution < -0.4 is 10.3 Å². The number of thiazole rings is 1. The molecule has 5 rings (SSSR count). The van der Waals surface area contributed by atoms with Crippen LogP contribution in [0.5, 0.6) is 0 Å². The number of carbonyl (C=O) groups excluding carboxylic acids is 1. The third kappa shape index (κ3) is 3.73. The van der Waals surface area contributed by atoms with Crippen molar-refractivity contribution < 1.29 is 13.2 Å². The molecule has 2 unspecified atom stereocenters. The van der Waals surface area contributed by atoms with Gasteiger partial charge in [0, 0.05) is 42.2 Å². The standard InChI is InChI=1S/C22H22N4O4S2/c1-14-20(23-22(31-14)24-32(29,30)17-6-3-2-4-7-17)21(28)25-11-15-10-16(13-25)18-8-5-9-19(27)26(18)12-15/h2-9,15-16H,10-13H2,1H3,(H,23,24). The Bertz CT molecular complexity index is 1350. The summed E-state index contributed by atoms with van der Waals surface area (Å²) in [6.07, 6.45) is 0.950. The fourth-order valence-electron chi connectivity index (χ4n) is 4.62. The number of carbonyl (C=O) groups is 1. The summed E-state index contributed by atoms with van der Waals surface area (Å²) in [6.45, 7) is 3.44. The maximum atomic E-state index is 13.3. The highest BCUT2D eigenvalue weighted by molar-refractivity contribution is 7.93. The predicted molar refractivity (Wildman–Crippen MR) is 122 cm³/mol. The first kappa shape index (κ1) is 20.9. The van der Waals surface area contributed by atoms with Gasteiger partial charge >= 0.3 is 0 Å². The molecule has 2 atom stereocenters. The number of aromatic nitrogens is 2. The Morgan fingerprint density at radius 2 is 1.88 bits per heavy atom. The second-order valence-electron chi connectivity index (χ2n) is 8.25. The molecule has 0 aliphatic carbocycles. The average molecular weight is 471 g/mol. The number of nitrogens with one attached hydrogen (secondary N) is 1. The van der Waals surface area contributed by atoms with Crippen molar-refractivity contribution in [2.75, 3.05) is 17.8 Å². The maximum absolute atomic E-state index is 13.3. The van der Waals surface area contributed by atoms with Crippen LogP contribution in [0, 0.1) is 12.8 Å². The molecule has 1 fully saturated rings. The molecule has 8 nitrogen and oxygen atoms in total. The fraction of sp³-hybridized carbons (Fsp3) is 0.318. The van der Waals surface area contributed by atoms with Crippen molar-refractivity contribution in [1.82, 2.24) is 14.5 Å². The van der Waals surface area contributed by atoms with Crippen molar-refractivity contribution in [3.63, 3.8) is 0 Å². The lowest BCUT2D eigenvalue weighted by Gasteiger charge is -2.42. The maximum Gasteiger partial charge on any atom is 0.273 e. The van der Waals surface area contributed by atoms with E-state index in [-0.39, 0.29) is 39.0 Å². The van der Waals surface area contributed by atoms with Crippen LogP contribution in [-0.2, 0) is 16.6 Å². The first-order valence-corrected chi connectivity index (χ1v) is 12.7. The molecule has 4 heterocycles. The molecule has 1 saturated heterocycles. The van der Waals surface area contributed by atoms with E-state index in [1.54, 1.807) is 42.2 Å². The zero-order valence-corrected chi connectivity index (χ0v) is 19.0. The molecule has 3 aromatic rings. The quantitative estimate of drug-likeness (QED) is 0.632. The van der Waals surface area contributed by atoms with E-state index in [1.807, 2.05) is 10.6 Å². The van der Waals surface area contributed by atoms with Gasteiger partial charge in [-0.25, -0.2) is 13.4 Å². The summed E-state index contributed by atoms with van der Waals surface area (Å²) in [5.41, 5.74) is 1.24. The number of rotatable bonds is 4. The molecule has 1 N–H and O–H groups in total. The number of fused-ring (bicyclic) bond motifs is 4. The summed E-state index contributed by atoms with van der Waals surface area (Å²) in [5, 5.41) is 0.170. The van der Waals surface area contributed by atoms with Crippen molar-refractivity contribution >= 4 is 32.4 Å². The monoisotopic (exact) mass is 470 g/mol. The van der Waals surface area contributed by atoms with Gasteiger partial charge in [0.05, 0.1) is 4.90 Å². The number of amides is 1. The van der Waals surface area contributed by atoms with E-state index in [2.05, 4.69) is 9.71 Å². The molecule has 32 heavy (non-hydrogen) atoms. The number of hydrogen-bond acceptors (Lipinski definition) is 6. The van der Waals surface area contributed by atoms with E-state index in [9.17, 15) is 18.0 Å². The summed E-state index contributed by atoms with van der Waals surface area (Å²) in [5.74, 6) is 0.112. The highest BCUT2D eigenvalue weighted by Crippen LogP contribution is 2.36. The van der Waals surface area contributed by atoms with Crippen molar-refractivity contribution in [1.29, 1.82) is 0 Å². The van der Waals surface area contributed by atoms with Gasteiger partial charge in [-0.15, -0.1) is 11.3 Å². The van der Waals surface area contributed by atoms with E-state index in [0.29, 0.717) is 24.5 Å². The Morgan fingerprint density at radius 1 is 1.09 bits per heavy atom. The second kappa shape index (κ2) is 7.86. The molecule has 0 spiro atoms. The largest absolute Gasteiger partial charge is 0.336 e. The van der Waals surface area contributed by atoms with Gasteiger partial charge in [0.15, 0.2) is 5.13 Å². The first-order chi connectivity index (χ1) is 15.3. The summed E-state index contributed by atoms with van der Waals surface area (Å²) in [4.78, 5) is 32.4. The van der Waals surface area contributed by atoms with E-state index >= 15 is 0 Å². The van der Waals surface area contributed by atoms with Gasteiger partial charge in [0.2, 0.25) is 0 Å². The Balaban J connectivity index is 1.37. The van der Waals surface area contributed by atoms with Crippen LogP contribution in [0.4, 0.5) is 5.13 Å². The number of anilines is 1. The molecule has 0 saturated carbocycles. The van der Waals surface area contributed by atoms with Gasteiger partial charge in [-0.1, -0.05) is 24.3 Å². The molecular formula is C22H22N4O4S2. The Hall–Kier alpha value is -2.98. The predicted octanol–water partition coefficient (Wildman–Crippen LogP) is 2.67. The number of benzene rings is 1. The normalized spacial score (nSPS) is 20.0. The minimum absolute atomic E-state index is 0.00247. The number of likely N-dealkylation sites (tertiary alicyclic amines) is 1. The van der Waals surface area contributed by atoms with Crippen molar-refractivity contribution in [2.45, 2.75) is 30.7 Å². The van der Waals surface area contributed by atoms with Crippen LogP contribution in [0.1, 0.15) is 33.4 Å². The van der Waals surface area contributed by atoms with Crippen LogP contribution in [0.25, 0.3) is 0 Å². The zero-order chi connectivity index (χ0) is 22.5. The highest BCUT2D eigenvalue weighted by Gasteiger charge is 2.37. The van der Waals surface area contributed by atoms with E-state index in [0.717, 1.165) is 23.5 Å². The molecule has 2 aliphatic heterocycles. The third-order valence-electron chi connectivity index (χ3n) is 6.04. The van der Waals surface area contributed by atoms with Gasteiger partial charge in [0.1, 0.15) is 5.69 Å². The number of aryl methyl sites for hydroxylation is 1. The summed E-state index contributed by atoms with van der Waals surface area (Å²) < 4.78 is 29.5. The number of nitrogens with zero attached hydrogens (tertiary/aromatic N) is 3. The van der Waals surface area contributed by atoms with Gasteiger partial charge < -0.3 is 9.47 Å². The average Bonchev–Trinajstić information content (AvgIpc) is 3.13. The van der Waals surface area contributed by atoms with Crippen LogP contribution in [-0.4, -0.2) is 41.9 Å². The van der Waals surface area contributed by atoms with Gasteiger partial charge in [-0.2, -0.15) is 0 Å². The minimum Gasteiger partial charge on any atom is -0.336 e. The topological polar surface area (TPSA) is 101 Å². The van der Waals surface area contributed by atoms with E-state index in [1.165, 1.54) is 12.1 Å². The SMILES string of the molecule is Cc1sc(NS(=O)(=O)c2ccccc2)nc1C(=O)N1CC2CC(C1)c1cccc(=O)n1C2. The molecule has 166 valence electrons. The molecule has 1 aromatic carbocycles. The lowest BCUT2D eigenvalue weighted by molar-refractivity contribution is 0.0589. The number of hydrogen-bond donors (Lipinski definition) is 1. The van der Waals surface area contributed by atoms with Crippen molar-refractivity contribution in [2.24, 2.45) is 5.92 Å². The Kier molecular flexibility index (Phi) is 5.13. The summed E-state index contributed by atoms with van der Waals surface area (Å²) in [7, 11) is -3.78. The Morgan fingerprint density at radius 3 is 2.66 bits per heavy atom. The second-order valence-corrected chi connectivity index (χ2v) is 11.1. The fourth-order valence-corrected chi connectivity index (χ4v) is 6.69. The van der Waals surface area contributed by atoms with Crippen molar-refractivity contribution in [3.05, 3.63) is 75.1 Å². The van der Waals surface area contributed by atoms with Crippen LogP contribution >= 0.6 is 11.3 Å². The minimum atomic E-state index is -3.78. The first-order valence-electron chi connectivity index (χ1n) is 10.4. The zero-order valence-electron chi connectivity index (χ0n) is 17.4. The lowest BCUT2D eigenvalue weighted by Crippen LogP contribution is -2.49. The molecule has 0 radical (unpaired) electrons. The van der Waals surface area contributed by atoms with Crippen LogP contribution in [0.2, 0.25) is 0 Å². The van der Waals surface area contributed by atoms with E-state index < -0.39 is 10.0 Å². The number of piperidine rings is 1. The number of sulfonamides is 1. The van der Waals surface area contributed by atoms with E-state index in [4.69, 9.17) is 0 Å². The summed E-state index contributed by atoms with van der Waals surface area (Å²) >= 11 is 1.15. The molecular weight excluding hydrogens is 448 g/mol. The van der Waals surface area contributed by atoms with Gasteiger partial charge in [-0.05, 0) is 37.5 Å². The van der Waals surface area contributed by atoms with Crippen LogP contribution in [0.15, 0.2) is 58.2 Å². The Labute approximate surface area is 189 Å². The summed E-state index contributed by atoms with van der Waals surface area (Å²) in [6, 6.07) is 13.4. The smallest absolute Gasteiger partial charge is 0.273 e. The molecule has 2 aromatic heterocycles. The molecule has 10 heteroatoms. The molecule has 2 aliphatic rings. The van der Waals surface area contributed by atoms with Crippen molar-refractivity contribution in [3.8, 4) is 0 Å². The lowest BCUT2D eigenvalue weighted by atomic mass is 9.83. The highest BCUT2D eigenvalue weighted by atomic mass is 32.2. The number of pyridine rings is 1. The molecule has 2 bridgehead atoms. The third-order valence-corrected chi connectivity index (χ3v) is 8.41. The van der Waals surface area contributed by atoms with Crippen LogP contribution in [0.3, 0.4) is 0 Å². The van der Waals surface area contributed by atoms with Gasteiger partial charge in [-0.3, -0.25) is 14.3 Å². The van der Waals surface area contributed by atoms with Gasteiger partial charge in [0.25, 0.3) is 21.5 Å².